The molecule has 4 rings (SSSR count). The lowest BCUT2D eigenvalue weighted by Gasteiger charge is -2.21. The van der Waals surface area contributed by atoms with Crippen LogP contribution in [0.1, 0.15) is 25.0 Å². The molecule has 1 aliphatic rings. The molecule has 31 heavy (non-hydrogen) atoms. The number of sulfone groups is 1. The summed E-state index contributed by atoms with van der Waals surface area (Å²) >= 11 is 7.44. The van der Waals surface area contributed by atoms with Crippen LogP contribution in [0.5, 0.6) is 5.75 Å². The average Bonchev–Trinajstić information content (AvgIpc) is 3.27. The third kappa shape index (κ3) is 3.92. The number of fused-ring (bicyclic) bond motifs is 3. The number of rotatable bonds is 6. The Morgan fingerprint density at radius 2 is 1.97 bits per heavy atom. The molecule has 0 amide bonds. The molecular weight excluding hydrogens is 458 g/mol. The highest BCUT2D eigenvalue weighted by Gasteiger charge is 2.35. The Labute approximate surface area is 190 Å². The first kappa shape index (κ1) is 22.0. The molecular formula is C22H21ClNO5S2-. The molecule has 0 radical (unpaired) electrons. The summed E-state index contributed by atoms with van der Waals surface area (Å²) in [5.41, 5.74) is 1.55. The first-order valence-corrected chi connectivity index (χ1v) is 12.8. The highest BCUT2D eigenvalue weighted by Crippen LogP contribution is 2.50. The second-order valence-electron chi connectivity index (χ2n) is 7.72. The van der Waals surface area contributed by atoms with Crippen LogP contribution in [0.25, 0.3) is 10.9 Å². The Bertz CT molecular complexity index is 1280. The van der Waals surface area contributed by atoms with E-state index < -0.39 is 21.7 Å². The summed E-state index contributed by atoms with van der Waals surface area (Å²) in [6.07, 6.45) is 1.81. The minimum atomic E-state index is -3.58. The van der Waals surface area contributed by atoms with E-state index in [9.17, 15) is 18.3 Å². The van der Waals surface area contributed by atoms with Gasteiger partial charge >= 0.3 is 0 Å². The van der Waals surface area contributed by atoms with Crippen LogP contribution in [-0.2, 0) is 21.2 Å². The maximum absolute atomic E-state index is 12.7. The van der Waals surface area contributed by atoms with Crippen molar-refractivity contribution in [1.82, 2.24) is 4.57 Å². The van der Waals surface area contributed by atoms with Gasteiger partial charge in [0, 0.05) is 62.6 Å². The number of aryl methyl sites for hydroxylation is 1. The summed E-state index contributed by atoms with van der Waals surface area (Å²) in [7, 11) is -2.09. The van der Waals surface area contributed by atoms with Gasteiger partial charge in [-0.25, -0.2) is 8.42 Å². The number of carboxylic acids is 1. The van der Waals surface area contributed by atoms with E-state index in [0.717, 1.165) is 21.0 Å². The Morgan fingerprint density at radius 1 is 1.29 bits per heavy atom. The fourth-order valence-corrected chi connectivity index (χ4v) is 6.49. The highest BCUT2D eigenvalue weighted by molar-refractivity contribution is 7.99. The maximum atomic E-state index is 12.7. The number of carbonyl (C=O) groups is 1. The number of methoxy groups -OCH3 is 1. The molecule has 2 unspecified atom stereocenters. The van der Waals surface area contributed by atoms with Gasteiger partial charge in [-0.15, -0.1) is 0 Å². The summed E-state index contributed by atoms with van der Waals surface area (Å²) in [5, 5.41) is 12.9. The molecule has 0 fully saturated rings. The lowest BCUT2D eigenvalue weighted by molar-refractivity contribution is -0.311. The topological polar surface area (TPSA) is 88.4 Å². The van der Waals surface area contributed by atoms with Gasteiger partial charge in [0.05, 0.1) is 17.5 Å². The molecule has 0 spiro atoms. The Hall–Kier alpha value is -2.16. The molecule has 1 aromatic heterocycles. The largest absolute Gasteiger partial charge is 0.550 e. The smallest absolute Gasteiger partial charge is 0.176 e. The van der Waals surface area contributed by atoms with E-state index in [4.69, 9.17) is 16.3 Å². The quantitative estimate of drug-likeness (QED) is 0.536. The molecule has 164 valence electrons. The third-order valence-corrected chi connectivity index (χ3v) is 8.25. The first-order chi connectivity index (χ1) is 14.6. The molecule has 2 atom stereocenters. The van der Waals surface area contributed by atoms with Crippen LogP contribution in [0, 0.1) is 5.92 Å². The fourth-order valence-electron chi connectivity index (χ4n) is 4.20. The van der Waals surface area contributed by atoms with E-state index in [-0.39, 0.29) is 10.8 Å². The van der Waals surface area contributed by atoms with E-state index in [1.807, 2.05) is 22.8 Å². The number of halogens is 1. The Morgan fingerprint density at radius 3 is 2.55 bits per heavy atom. The number of aliphatic carboxylic acids is 1. The van der Waals surface area contributed by atoms with Crippen LogP contribution < -0.4 is 9.84 Å². The monoisotopic (exact) mass is 478 g/mol. The van der Waals surface area contributed by atoms with Gasteiger partial charge in [0.15, 0.2) is 9.84 Å². The number of hydrogen-bond acceptors (Lipinski definition) is 6. The van der Waals surface area contributed by atoms with Gasteiger partial charge in [-0.2, -0.15) is 0 Å². The van der Waals surface area contributed by atoms with Gasteiger partial charge in [-0.05, 0) is 36.8 Å². The number of carbonyl (C=O) groups excluding carboxylic acids is 1. The van der Waals surface area contributed by atoms with Crippen molar-refractivity contribution in [3.05, 3.63) is 47.1 Å². The predicted molar refractivity (Wildman–Crippen MR) is 119 cm³/mol. The van der Waals surface area contributed by atoms with Crippen molar-refractivity contribution < 1.29 is 23.1 Å². The zero-order valence-corrected chi connectivity index (χ0v) is 19.6. The van der Waals surface area contributed by atoms with Gasteiger partial charge in [0.1, 0.15) is 5.75 Å². The van der Waals surface area contributed by atoms with E-state index in [0.29, 0.717) is 29.1 Å². The minimum absolute atomic E-state index is 0.167. The summed E-state index contributed by atoms with van der Waals surface area (Å²) < 4.78 is 32.8. The Balaban J connectivity index is 2.05. The molecule has 0 saturated carbocycles. The molecule has 0 bridgehead atoms. The molecule has 0 aliphatic carbocycles. The van der Waals surface area contributed by atoms with Gasteiger partial charge in [0.2, 0.25) is 0 Å². The zero-order chi connectivity index (χ0) is 22.5. The molecule has 6 nitrogen and oxygen atoms in total. The number of nitrogens with zero attached hydrogens (tertiary/aromatic N) is 1. The lowest BCUT2D eigenvalue weighted by Crippen LogP contribution is -2.32. The van der Waals surface area contributed by atoms with E-state index in [1.54, 1.807) is 19.1 Å². The Kier molecular flexibility index (Phi) is 5.74. The minimum Gasteiger partial charge on any atom is -0.550 e. The fraction of sp³-hybridized carbons (Fsp3) is 0.318. The van der Waals surface area contributed by atoms with Crippen molar-refractivity contribution in [2.75, 3.05) is 13.4 Å². The van der Waals surface area contributed by atoms with Crippen molar-refractivity contribution in [1.29, 1.82) is 0 Å². The van der Waals surface area contributed by atoms with Gasteiger partial charge in [-0.3, -0.25) is 0 Å². The van der Waals surface area contributed by atoms with E-state index in [2.05, 4.69) is 0 Å². The van der Waals surface area contributed by atoms with Crippen LogP contribution in [-0.4, -0.2) is 32.3 Å². The van der Waals surface area contributed by atoms with Crippen LogP contribution >= 0.6 is 23.4 Å². The summed E-state index contributed by atoms with van der Waals surface area (Å²) in [5.74, 6) is -1.68. The highest BCUT2D eigenvalue weighted by atomic mass is 35.5. The van der Waals surface area contributed by atoms with E-state index in [1.165, 1.54) is 31.2 Å². The summed E-state index contributed by atoms with van der Waals surface area (Å²) in [4.78, 5) is 13.5. The predicted octanol–water partition coefficient (Wildman–Crippen LogP) is 3.73. The van der Waals surface area contributed by atoms with Gasteiger partial charge in [-0.1, -0.05) is 30.3 Å². The first-order valence-electron chi connectivity index (χ1n) is 9.70. The van der Waals surface area contributed by atoms with Gasteiger partial charge in [0.25, 0.3) is 0 Å². The van der Waals surface area contributed by atoms with Crippen molar-refractivity contribution >= 4 is 50.1 Å². The number of hydrogen-bond donors (Lipinski definition) is 0. The van der Waals surface area contributed by atoms with Crippen molar-refractivity contribution in [2.45, 2.75) is 40.5 Å². The molecule has 9 heteroatoms. The SMILES string of the molecule is COc1cc(S(C)(=O)=O)c2c(Sc3ccc(Cl)cc3)c3n(c2c1)CCC3C(C)C(=O)[O-]. The number of benzene rings is 2. The number of carboxylic acid groups (broad SMARTS) is 1. The van der Waals surface area contributed by atoms with Crippen LogP contribution in [0.15, 0.2) is 51.1 Å². The number of aromatic nitrogens is 1. The molecule has 3 aromatic rings. The second-order valence-corrected chi connectivity index (χ2v) is 11.2. The van der Waals surface area contributed by atoms with Crippen molar-refractivity contribution in [3.63, 3.8) is 0 Å². The van der Waals surface area contributed by atoms with E-state index >= 15 is 0 Å². The van der Waals surface area contributed by atoms with Crippen LogP contribution in [0.2, 0.25) is 5.02 Å². The molecule has 0 N–H and O–H groups in total. The maximum Gasteiger partial charge on any atom is 0.176 e. The second kappa shape index (κ2) is 8.07. The standard InChI is InChI=1S/C22H22ClNO5S2/c1-12(22(25)26)16-8-9-24-17-10-14(29-2)11-18(31(3,27)28)19(17)21(20(16)24)30-15-6-4-13(23)5-7-15/h4-7,10-12,16H,8-9H2,1-3H3,(H,25,26)/p-1. The molecule has 2 heterocycles. The third-order valence-electron chi connectivity index (χ3n) is 5.76. The van der Waals surface area contributed by atoms with Crippen molar-refractivity contribution in [2.24, 2.45) is 5.92 Å². The normalized spacial score (nSPS) is 17.0. The zero-order valence-electron chi connectivity index (χ0n) is 17.2. The van der Waals surface area contributed by atoms with Crippen molar-refractivity contribution in [3.8, 4) is 5.75 Å². The average molecular weight is 479 g/mol. The molecule has 2 aromatic carbocycles. The lowest BCUT2D eigenvalue weighted by atomic mass is 9.90. The summed E-state index contributed by atoms with van der Waals surface area (Å²) in [6, 6.07) is 10.6. The van der Waals surface area contributed by atoms with Crippen LogP contribution in [0.3, 0.4) is 0 Å². The molecule has 0 saturated heterocycles. The molecule has 1 aliphatic heterocycles. The van der Waals surface area contributed by atoms with Crippen LogP contribution in [0.4, 0.5) is 0 Å². The summed E-state index contributed by atoms with van der Waals surface area (Å²) in [6.45, 7) is 2.23. The van der Waals surface area contributed by atoms with Gasteiger partial charge < -0.3 is 19.2 Å². The number of ether oxygens (including phenoxy) is 1.